The molecule has 56 heavy (non-hydrogen) atoms. The molecule has 0 aliphatic rings. The summed E-state index contributed by atoms with van der Waals surface area (Å²) in [5, 5.41) is 5.37. The quantitative estimate of drug-likeness (QED) is 0.122. The normalized spacial score (nSPS) is 9.98. The second-order valence-electron chi connectivity index (χ2n) is 14.6. The maximum absolute atomic E-state index is 3.71. The van der Waals surface area contributed by atoms with E-state index in [1.54, 1.807) is 0 Å². The minimum absolute atomic E-state index is 1.12. The molecule has 8 aromatic carbocycles. The van der Waals surface area contributed by atoms with E-state index in [1.165, 1.54) is 90.0 Å². The van der Waals surface area contributed by atoms with Gasteiger partial charge in [-0.25, -0.2) is 0 Å². The van der Waals surface area contributed by atoms with Crippen LogP contribution < -0.4 is 0 Å². The smallest absolute Gasteiger partial charge is 0.0155 e. The standard InChI is InChI=1S/C15H16.C12H16.2C11H10.C7H8/c1-11-4-7-14(8-5-11)15-9-6-12(2)10-13(15)3;1-3-4-5-8-12-9-6-7-11(2)10-12;2*1-9-5-4-7-10-6-2-3-8-11(9)10;1-7-5-3-2-4-6-7/h4-10H,1-3H3;3,6-7,9-10H,1,4-5,8H2,2H3;2*2-8H,1H3;2-6H,1H3. The van der Waals surface area contributed by atoms with Crippen molar-refractivity contribution in [3.05, 3.63) is 239 Å². The van der Waals surface area contributed by atoms with Crippen LogP contribution in [-0.4, -0.2) is 0 Å². The van der Waals surface area contributed by atoms with Crippen molar-refractivity contribution in [3.63, 3.8) is 0 Å². The molecule has 0 saturated carbocycles. The molecule has 8 rings (SSSR count). The highest BCUT2D eigenvalue weighted by atomic mass is 14.1. The first kappa shape index (κ1) is 42.8. The molecule has 0 aromatic heterocycles. The van der Waals surface area contributed by atoms with E-state index in [0.29, 0.717) is 0 Å². The highest BCUT2D eigenvalue weighted by Gasteiger charge is 2.01. The minimum atomic E-state index is 1.12. The number of benzene rings is 8. The van der Waals surface area contributed by atoms with Gasteiger partial charge in [-0.05, 0) is 123 Å². The highest BCUT2D eigenvalue weighted by Crippen LogP contribution is 2.24. The lowest BCUT2D eigenvalue weighted by Crippen LogP contribution is -1.84. The second-order valence-corrected chi connectivity index (χ2v) is 14.6. The zero-order chi connectivity index (χ0) is 40.1. The van der Waals surface area contributed by atoms with E-state index in [4.69, 9.17) is 0 Å². The van der Waals surface area contributed by atoms with Gasteiger partial charge in [0, 0.05) is 0 Å². The Hall–Kier alpha value is -5.98. The van der Waals surface area contributed by atoms with Gasteiger partial charge in [0.2, 0.25) is 0 Å². The Bertz CT molecular complexity index is 2270. The summed E-state index contributed by atoms with van der Waals surface area (Å²) in [6, 6.07) is 63.9. The average molecular weight is 733 g/mol. The summed E-state index contributed by atoms with van der Waals surface area (Å²) in [5.41, 5.74) is 13.4. The SMILES string of the molecule is C=CCCCc1cccc(C)c1.Cc1ccc(-c2ccc(C)cc2C)cc1.Cc1cccc2ccccc12.Cc1cccc2ccccc12.Cc1ccccc1. The monoisotopic (exact) mass is 732 g/mol. The number of fused-ring (bicyclic) bond motifs is 2. The van der Waals surface area contributed by atoms with E-state index < -0.39 is 0 Å². The van der Waals surface area contributed by atoms with Crippen LogP contribution in [0.4, 0.5) is 0 Å². The van der Waals surface area contributed by atoms with Crippen molar-refractivity contribution in [2.45, 2.75) is 67.7 Å². The van der Waals surface area contributed by atoms with Crippen molar-refractivity contribution < 1.29 is 0 Å². The maximum Gasteiger partial charge on any atom is -0.0155 e. The van der Waals surface area contributed by atoms with Gasteiger partial charge in [0.1, 0.15) is 0 Å². The summed E-state index contributed by atoms with van der Waals surface area (Å²) >= 11 is 0. The molecule has 284 valence electrons. The van der Waals surface area contributed by atoms with Crippen LogP contribution in [0.3, 0.4) is 0 Å². The fourth-order valence-electron chi connectivity index (χ4n) is 6.50. The van der Waals surface area contributed by atoms with E-state index in [1.807, 2.05) is 24.3 Å². The average Bonchev–Trinajstić information content (AvgIpc) is 3.20. The van der Waals surface area contributed by atoms with Crippen molar-refractivity contribution in [3.8, 4) is 11.1 Å². The molecule has 0 aliphatic carbocycles. The first-order valence-electron chi connectivity index (χ1n) is 19.9. The van der Waals surface area contributed by atoms with Crippen molar-refractivity contribution in [1.29, 1.82) is 0 Å². The summed E-state index contributed by atoms with van der Waals surface area (Å²) in [7, 11) is 0. The van der Waals surface area contributed by atoms with E-state index in [2.05, 4.69) is 219 Å². The Balaban J connectivity index is 0.000000158. The fraction of sp³-hybridized carbons (Fsp3) is 0.179. The number of unbranched alkanes of at least 4 members (excludes halogenated alkanes) is 1. The topological polar surface area (TPSA) is 0 Å². The first-order chi connectivity index (χ1) is 27.1. The van der Waals surface area contributed by atoms with Crippen LogP contribution in [0.5, 0.6) is 0 Å². The summed E-state index contributed by atoms with van der Waals surface area (Å²) in [6.07, 6.45) is 5.49. The molecule has 0 fully saturated rings. The van der Waals surface area contributed by atoms with Crippen molar-refractivity contribution in [2.75, 3.05) is 0 Å². The van der Waals surface area contributed by atoms with Crippen LogP contribution in [0.1, 0.15) is 57.3 Å². The number of rotatable bonds is 5. The molecule has 0 nitrogen and oxygen atoms in total. The van der Waals surface area contributed by atoms with Gasteiger partial charge >= 0.3 is 0 Å². The van der Waals surface area contributed by atoms with E-state index in [9.17, 15) is 0 Å². The number of hydrogen-bond donors (Lipinski definition) is 0. The van der Waals surface area contributed by atoms with Gasteiger partial charge in [0.05, 0.1) is 0 Å². The van der Waals surface area contributed by atoms with Gasteiger partial charge in [-0.1, -0.05) is 210 Å². The summed E-state index contributed by atoms with van der Waals surface area (Å²) in [5.74, 6) is 0. The molecule has 0 N–H and O–H groups in total. The van der Waals surface area contributed by atoms with Crippen molar-refractivity contribution in [2.24, 2.45) is 0 Å². The third-order valence-corrected chi connectivity index (χ3v) is 9.66. The second kappa shape index (κ2) is 23.1. The van der Waals surface area contributed by atoms with E-state index >= 15 is 0 Å². The van der Waals surface area contributed by atoms with Gasteiger partial charge in [-0.3, -0.25) is 0 Å². The van der Waals surface area contributed by atoms with Crippen LogP contribution in [0.25, 0.3) is 32.7 Å². The molecule has 0 heteroatoms. The predicted molar refractivity (Wildman–Crippen MR) is 249 cm³/mol. The van der Waals surface area contributed by atoms with E-state index in [0.717, 1.165) is 6.42 Å². The lowest BCUT2D eigenvalue weighted by Gasteiger charge is -2.07. The fourth-order valence-corrected chi connectivity index (χ4v) is 6.50. The third kappa shape index (κ3) is 14.3. The number of hydrogen-bond acceptors (Lipinski definition) is 0. The van der Waals surface area contributed by atoms with Gasteiger partial charge in [0.25, 0.3) is 0 Å². The Morgan fingerprint density at radius 3 is 1.36 bits per heavy atom. The maximum atomic E-state index is 3.71. The molecule has 0 heterocycles. The lowest BCUT2D eigenvalue weighted by atomic mass is 9.98. The Kier molecular flexibility index (Phi) is 17.6. The Morgan fingerprint density at radius 2 is 0.857 bits per heavy atom. The van der Waals surface area contributed by atoms with Crippen molar-refractivity contribution >= 4 is 21.5 Å². The molecule has 0 aliphatic heterocycles. The molecule has 0 amide bonds. The summed E-state index contributed by atoms with van der Waals surface area (Å²) < 4.78 is 0. The molecular formula is C56H60. The summed E-state index contributed by atoms with van der Waals surface area (Å²) in [4.78, 5) is 0. The number of aryl methyl sites for hydroxylation is 8. The molecule has 0 saturated heterocycles. The molecule has 0 atom stereocenters. The minimum Gasteiger partial charge on any atom is -0.103 e. The molecule has 0 bridgehead atoms. The van der Waals surface area contributed by atoms with Crippen LogP contribution in [0, 0.1) is 48.5 Å². The van der Waals surface area contributed by atoms with Crippen LogP contribution in [0.2, 0.25) is 0 Å². The third-order valence-electron chi connectivity index (χ3n) is 9.66. The zero-order valence-corrected chi connectivity index (χ0v) is 34.7. The highest BCUT2D eigenvalue weighted by molar-refractivity contribution is 5.86. The zero-order valence-electron chi connectivity index (χ0n) is 34.7. The van der Waals surface area contributed by atoms with Gasteiger partial charge < -0.3 is 0 Å². The van der Waals surface area contributed by atoms with Crippen molar-refractivity contribution in [1.82, 2.24) is 0 Å². The lowest BCUT2D eigenvalue weighted by molar-refractivity contribution is 0.843. The molecular weight excluding hydrogens is 673 g/mol. The van der Waals surface area contributed by atoms with Crippen LogP contribution in [0.15, 0.2) is 195 Å². The molecule has 8 aromatic rings. The Labute approximate surface area is 338 Å². The predicted octanol–water partition coefficient (Wildman–Crippen LogP) is 16.1. The van der Waals surface area contributed by atoms with Crippen LogP contribution in [-0.2, 0) is 6.42 Å². The molecule has 0 spiro atoms. The van der Waals surface area contributed by atoms with Gasteiger partial charge in [-0.2, -0.15) is 0 Å². The molecule has 0 radical (unpaired) electrons. The van der Waals surface area contributed by atoms with Gasteiger partial charge in [-0.15, -0.1) is 6.58 Å². The summed E-state index contributed by atoms with van der Waals surface area (Å²) in [6.45, 7) is 18.6. The first-order valence-corrected chi connectivity index (χ1v) is 19.9. The Morgan fingerprint density at radius 1 is 0.393 bits per heavy atom. The van der Waals surface area contributed by atoms with Gasteiger partial charge in [0.15, 0.2) is 0 Å². The van der Waals surface area contributed by atoms with Crippen LogP contribution >= 0.6 is 0 Å². The van der Waals surface area contributed by atoms with E-state index in [-0.39, 0.29) is 0 Å². The largest absolute Gasteiger partial charge is 0.103 e. The molecule has 0 unspecified atom stereocenters. The number of allylic oxidation sites excluding steroid dienone is 1.